The second kappa shape index (κ2) is 3.15. The van der Waals surface area contributed by atoms with Crippen LogP contribution in [-0.2, 0) is 14.4 Å². The number of amides is 2. The number of fused-ring (bicyclic) bond motifs is 1. The molecule has 4 nitrogen and oxygen atoms in total. The number of imide groups is 1. The Hall–Kier alpha value is -1.71. The van der Waals surface area contributed by atoms with E-state index in [0.717, 1.165) is 4.90 Å². The zero-order valence-electron chi connectivity index (χ0n) is 8.56. The Bertz CT molecular complexity index is 418. The Labute approximate surface area is 87.2 Å². The number of allylic oxidation sites excluding steroid dienone is 3. The smallest absolute Gasteiger partial charge is 0.257 e. The summed E-state index contributed by atoms with van der Waals surface area (Å²) in [4.78, 5) is 36.2. The Balaban J connectivity index is 2.46. The fraction of sp³-hybridized carbons (Fsp3) is 0.364. The van der Waals surface area contributed by atoms with Gasteiger partial charge < -0.3 is 0 Å². The van der Waals surface area contributed by atoms with E-state index in [9.17, 15) is 14.4 Å². The molecule has 0 aromatic heterocycles. The molecule has 1 atom stereocenters. The molecule has 0 aromatic carbocycles. The number of likely N-dealkylation sites (tertiary alicyclic amines) is 1. The fourth-order valence-electron chi connectivity index (χ4n) is 1.91. The Morgan fingerprint density at radius 2 is 1.93 bits per heavy atom. The van der Waals surface area contributed by atoms with Crippen molar-refractivity contribution in [1.29, 1.82) is 0 Å². The molecule has 0 radical (unpaired) electrons. The van der Waals surface area contributed by atoms with Crippen LogP contribution < -0.4 is 0 Å². The summed E-state index contributed by atoms with van der Waals surface area (Å²) in [5.74, 6) is -1.91. The predicted octanol–water partition coefficient (Wildman–Crippen LogP) is 0.445. The number of carbonyl (C=O) groups is 3. The lowest BCUT2D eigenvalue weighted by molar-refractivity contribution is -0.141. The molecular formula is C11H11NO3. The van der Waals surface area contributed by atoms with Crippen LogP contribution in [0.25, 0.3) is 0 Å². The summed E-state index contributed by atoms with van der Waals surface area (Å²) in [5.41, 5.74) is 0.307. The van der Waals surface area contributed by atoms with Crippen molar-refractivity contribution in [2.75, 3.05) is 0 Å². The topological polar surface area (TPSA) is 54.5 Å². The highest BCUT2D eigenvalue weighted by molar-refractivity contribution is 6.26. The standard InChI is InChI=1S/C11H11NO3/c1-6(2)12-10(14)7-4-3-5-8(13)9(7)11(12)15/h3-6,9H,1-2H3. The third-order valence-corrected chi connectivity index (χ3v) is 2.60. The van der Waals surface area contributed by atoms with Crippen molar-refractivity contribution in [3.63, 3.8) is 0 Å². The van der Waals surface area contributed by atoms with Crippen molar-refractivity contribution in [2.45, 2.75) is 19.9 Å². The molecule has 1 aliphatic carbocycles. The Morgan fingerprint density at radius 1 is 1.27 bits per heavy atom. The largest absolute Gasteiger partial charge is 0.294 e. The van der Waals surface area contributed by atoms with Gasteiger partial charge in [-0.15, -0.1) is 0 Å². The quantitative estimate of drug-likeness (QED) is 0.461. The summed E-state index contributed by atoms with van der Waals surface area (Å²) < 4.78 is 0. The molecule has 0 bridgehead atoms. The molecule has 2 rings (SSSR count). The van der Waals surface area contributed by atoms with Crippen molar-refractivity contribution in [2.24, 2.45) is 5.92 Å². The molecule has 4 heteroatoms. The third kappa shape index (κ3) is 1.25. The van der Waals surface area contributed by atoms with E-state index in [-0.39, 0.29) is 17.7 Å². The maximum Gasteiger partial charge on any atom is 0.257 e. The summed E-state index contributed by atoms with van der Waals surface area (Å²) in [6.45, 7) is 3.51. The van der Waals surface area contributed by atoms with Crippen LogP contribution in [0.15, 0.2) is 23.8 Å². The minimum Gasteiger partial charge on any atom is -0.294 e. The van der Waals surface area contributed by atoms with Crippen LogP contribution in [0.3, 0.4) is 0 Å². The molecule has 1 heterocycles. The molecule has 1 fully saturated rings. The van der Waals surface area contributed by atoms with Gasteiger partial charge in [0.05, 0.1) is 0 Å². The maximum atomic E-state index is 11.8. The van der Waals surface area contributed by atoms with Crippen LogP contribution in [0.4, 0.5) is 0 Å². The first kappa shape index (κ1) is 9.83. The van der Waals surface area contributed by atoms with E-state index in [1.54, 1.807) is 19.9 Å². The zero-order valence-corrected chi connectivity index (χ0v) is 8.56. The van der Waals surface area contributed by atoms with Gasteiger partial charge in [-0.25, -0.2) is 0 Å². The summed E-state index contributed by atoms with van der Waals surface area (Å²) in [6.07, 6.45) is 4.40. The lowest BCUT2D eigenvalue weighted by Gasteiger charge is -2.17. The molecule has 1 aliphatic heterocycles. The third-order valence-electron chi connectivity index (χ3n) is 2.60. The van der Waals surface area contributed by atoms with Gasteiger partial charge >= 0.3 is 0 Å². The molecule has 15 heavy (non-hydrogen) atoms. The van der Waals surface area contributed by atoms with E-state index >= 15 is 0 Å². The Kier molecular flexibility index (Phi) is 2.07. The summed E-state index contributed by atoms with van der Waals surface area (Å²) in [7, 11) is 0. The number of hydrogen-bond donors (Lipinski definition) is 0. The number of rotatable bonds is 1. The van der Waals surface area contributed by atoms with Gasteiger partial charge in [-0.1, -0.05) is 12.2 Å². The van der Waals surface area contributed by atoms with Crippen LogP contribution in [0.1, 0.15) is 13.8 Å². The SMILES string of the molecule is CC(C)N1C(=O)C2=CC=CC(=O)C2C1=O. The van der Waals surface area contributed by atoms with Gasteiger partial charge in [-0.05, 0) is 19.9 Å². The van der Waals surface area contributed by atoms with Gasteiger partial charge in [0.25, 0.3) is 5.91 Å². The van der Waals surface area contributed by atoms with Crippen LogP contribution >= 0.6 is 0 Å². The zero-order chi connectivity index (χ0) is 11.2. The summed E-state index contributed by atoms with van der Waals surface area (Å²) in [5, 5.41) is 0. The number of nitrogens with zero attached hydrogens (tertiary/aromatic N) is 1. The highest BCUT2D eigenvalue weighted by Gasteiger charge is 2.47. The molecular weight excluding hydrogens is 194 g/mol. The second-order valence-corrected chi connectivity index (χ2v) is 3.92. The minimum absolute atomic E-state index is 0.204. The van der Waals surface area contributed by atoms with Gasteiger partial charge in [-0.3, -0.25) is 19.3 Å². The molecule has 2 amide bonds. The van der Waals surface area contributed by atoms with Crippen LogP contribution in [0.5, 0.6) is 0 Å². The van der Waals surface area contributed by atoms with Crippen LogP contribution in [0, 0.1) is 5.92 Å². The fourth-order valence-corrected chi connectivity index (χ4v) is 1.91. The lowest BCUT2D eigenvalue weighted by atomic mass is 9.93. The lowest BCUT2D eigenvalue weighted by Crippen LogP contribution is -2.37. The van der Waals surface area contributed by atoms with Gasteiger partial charge in [0.1, 0.15) is 5.92 Å². The van der Waals surface area contributed by atoms with E-state index in [0.29, 0.717) is 5.57 Å². The second-order valence-electron chi connectivity index (χ2n) is 3.92. The molecule has 0 spiro atoms. The molecule has 0 N–H and O–H groups in total. The van der Waals surface area contributed by atoms with Gasteiger partial charge in [0, 0.05) is 11.6 Å². The van der Waals surface area contributed by atoms with E-state index in [1.165, 1.54) is 12.2 Å². The maximum absolute atomic E-state index is 11.8. The van der Waals surface area contributed by atoms with Gasteiger partial charge in [0.15, 0.2) is 5.78 Å². The van der Waals surface area contributed by atoms with Crippen LogP contribution in [0.2, 0.25) is 0 Å². The summed E-state index contributed by atoms with van der Waals surface area (Å²) in [6, 6.07) is -0.204. The first-order valence-electron chi connectivity index (χ1n) is 4.83. The molecule has 78 valence electrons. The van der Waals surface area contributed by atoms with E-state index in [1.807, 2.05) is 0 Å². The van der Waals surface area contributed by atoms with Gasteiger partial charge in [-0.2, -0.15) is 0 Å². The molecule has 2 aliphatic rings. The van der Waals surface area contributed by atoms with Crippen LogP contribution in [-0.4, -0.2) is 28.5 Å². The Morgan fingerprint density at radius 3 is 2.47 bits per heavy atom. The number of carbonyl (C=O) groups excluding carboxylic acids is 3. The average Bonchev–Trinajstić information content (AvgIpc) is 2.40. The van der Waals surface area contributed by atoms with Crippen molar-refractivity contribution < 1.29 is 14.4 Å². The summed E-state index contributed by atoms with van der Waals surface area (Å²) >= 11 is 0. The predicted molar refractivity (Wildman–Crippen MR) is 52.7 cm³/mol. The van der Waals surface area contributed by atoms with Crippen molar-refractivity contribution in [1.82, 2.24) is 4.90 Å². The molecule has 1 unspecified atom stereocenters. The first-order valence-corrected chi connectivity index (χ1v) is 4.83. The normalized spacial score (nSPS) is 25.0. The minimum atomic E-state index is -0.884. The van der Waals surface area contributed by atoms with E-state index in [2.05, 4.69) is 0 Å². The van der Waals surface area contributed by atoms with Crippen molar-refractivity contribution >= 4 is 17.6 Å². The highest BCUT2D eigenvalue weighted by Crippen LogP contribution is 2.30. The van der Waals surface area contributed by atoms with Crippen molar-refractivity contribution in [3.8, 4) is 0 Å². The van der Waals surface area contributed by atoms with E-state index in [4.69, 9.17) is 0 Å². The number of ketones is 1. The highest BCUT2D eigenvalue weighted by atomic mass is 16.2. The van der Waals surface area contributed by atoms with Gasteiger partial charge in [0.2, 0.25) is 5.91 Å². The molecule has 0 saturated carbocycles. The number of hydrogen-bond acceptors (Lipinski definition) is 3. The first-order chi connectivity index (χ1) is 7.04. The average molecular weight is 205 g/mol. The van der Waals surface area contributed by atoms with Crippen molar-refractivity contribution in [3.05, 3.63) is 23.8 Å². The molecule has 1 saturated heterocycles. The molecule has 0 aromatic rings. The monoisotopic (exact) mass is 205 g/mol. The van der Waals surface area contributed by atoms with E-state index < -0.39 is 11.8 Å².